The lowest BCUT2D eigenvalue weighted by Crippen LogP contribution is -2.28. The molecule has 4 rings (SSSR count). The maximum absolute atomic E-state index is 5.88. The van der Waals surface area contributed by atoms with Crippen LogP contribution in [0.25, 0.3) is 11.3 Å². The first-order chi connectivity index (χ1) is 14.7. The van der Waals surface area contributed by atoms with Gasteiger partial charge in [-0.05, 0) is 55.2 Å². The topological polar surface area (TPSA) is 88.8 Å². The van der Waals surface area contributed by atoms with Gasteiger partial charge in [-0.25, -0.2) is 19.9 Å². The molecule has 0 fully saturated rings. The third-order valence-electron chi connectivity index (χ3n) is 3.94. The zero-order chi connectivity index (χ0) is 20.8. The van der Waals surface area contributed by atoms with E-state index in [1.54, 1.807) is 18.5 Å². The Hall–Kier alpha value is -3.30. The molecular formula is C21H18N6OS2. The molecule has 3 heterocycles. The van der Waals surface area contributed by atoms with Crippen LogP contribution in [0.5, 0.6) is 0 Å². The fourth-order valence-electron chi connectivity index (χ4n) is 2.62. The van der Waals surface area contributed by atoms with Gasteiger partial charge in [0, 0.05) is 23.7 Å². The Labute approximate surface area is 183 Å². The molecule has 150 valence electrons. The fourth-order valence-corrected chi connectivity index (χ4v) is 3.56. The molecule has 0 bridgehead atoms. The Morgan fingerprint density at radius 2 is 1.83 bits per heavy atom. The van der Waals surface area contributed by atoms with E-state index < -0.39 is 0 Å². The summed E-state index contributed by atoms with van der Waals surface area (Å²) in [4.78, 5) is 17.3. The predicted octanol–water partition coefficient (Wildman–Crippen LogP) is 4.47. The van der Waals surface area contributed by atoms with Gasteiger partial charge in [0.1, 0.15) is 16.5 Å². The predicted molar refractivity (Wildman–Crippen MR) is 120 cm³/mol. The van der Waals surface area contributed by atoms with E-state index in [2.05, 4.69) is 30.6 Å². The third-order valence-corrected chi connectivity index (χ3v) is 5.00. The van der Waals surface area contributed by atoms with E-state index in [-0.39, 0.29) is 0 Å². The van der Waals surface area contributed by atoms with Gasteiger partial charge < -0.3 is 15.1 Å². The molecule has 9 heteroatoms. The molecule has 0 saturated heterocycles. The number of aromatic nitrogens is 4. The smallest absolute Gasteiger partial charge is 0.230 e. The highest BCUT2D eigenvalue weighted by Gasteiger charge is 2.09. The SMILES string of the molecule is Cc1cc(Sc2ncccn2)nc(NC(=S)NCc2ccc(-c3ccccc3)o2)n1. The minimum atomic E-state index is 0.408. The van der Waals surface area contributed by atoms with Crippen molar-refractivity contribution in [1.82, 2.24) is 25.3 Å². The summed E-state index contributed by atoms with van der Waals surface area (Å²) < 4.78 is 5.88. The summed E-state index contributed by atoms with van der Waals surface area (Å²) >= 11 is 6.74. The van der Waals surface area contributed by atoms with E-state index in [9.17, 15) is 0 Å². The first-order valence-electron chi connectivity index (χ1n) is 9.15. The Kier molecular flexibility index (Phi) is 6.31. The zero-order valence-electron chi connectivity index (χ0n) is 16.1. The largest absolute Gasteiger partial charge is 0.459 e. The van der Waals surface area contributed by atoms with Crippen LogP contribution in [0.4, 0.5) is 5.95 Å². The molecule has 0 unspecified atom stereocenters. The molecule has 0 aliphatic rings. The fraction of sp³-hybridized carbons (Fsp3) is 0.0952. The highest BCUT2D eigenvalue weighted by atomic mass is 32.2. The van der Waals surface area contributed by atoms with Crippen LogP contribution in [-0.4, -0.2) is 25.0 Å². The summed E-state index contributed by atoms with van der Waals surface area (Å²) in [5, 5.41) is 7.90. The lowest BCUT2D eigenvalue weighted by atomic mass is 10.2. The van der Waals surface area contributed by atoms with Crippen molar-refractivity contribution in [2.75, 3.05) is 5.32 Å². The highest BCUT2D eigenvalue weighted by Crippen LogP contribution is 2.24. The van der Waals surface area contributed by atoms with E-state index in [1.807, 2.05) is 55.5 Å². The van der Waals surface area contributed by atoms with Crippen LogP contribution in [0.15, 0.2) is 81.6 Å². The van der Waals surface area contributed by atoms with Gasteiger partial charge in [-0.1, -0.05) is 30.3 Å². The van der Waals surface area contributed by atoms with Gasteiger partial charge in [0.15, 0.2) is 10.3 Å². The van der Waals surface area contributed by atoms with E-state index in [0.29, 0.717) is 22.8 Å². The summed E-state index contributed by atoms with van der Waals surface area (Å²) in [6.07, 6.45) is 3.39. The van der Waals surface area contributed by atoms with E-state index in [4.69, 9.17) is 16.6 Å². The number of nitrogens with one attached hydrogen (secondary N) is 2. The van der Waals surface area contributed by atoms with Crippen LogP contribution in [0.2, 0.25) is 0 Å². The molecule has 0 spiro atoms. The number of nitrogens with zero attached hydrogens (tertiary/aromatic N) is 4. The minimum Gasteiger partial charge on any atom is -0.459 e. The van der Waals surface area contributed by atoms with Gasteiger partial charge >= 0.3 is 0 Å². The first kappa shape index (κ1) is 20.0. The first-order valence-corrected chi connectivity index (χ1v) is 10.4. The Balaban J connectivity index is 1.36. The Morgan fingerprint density at radius 1 is 1.03 bits per heavy atom. The molecule has 3 aromatic heterocycles. The summed E-state index contributed by atoms with van der Waals surface area (Å²) in [5.74, 6) is 2.01. The number of hydrogen-bond acceptors (Lipinski definition) is 7. The number of furan rings is 1. The molecule has 0 saturated carbocycles. The van der Waals surface area contributed by atoms with Gasteiger partial charge in [-0.3, -0.25) is 0 Å². The van der Waals surface area contributed by atoms with E-state index in [1.165, 1.54) is 11.8 Å². The normalized spacial score (nSPS) is 10.6. The van der Waals surface area contributed by atoms with Crippen LogP contribution in [-0.2, 0) is 6.54 Å². The molecule has 7 nitrogen and oxygen atoms in total. The monoisotopic (exact) mass is 434 g/mol. The van der Waals surface area contributed by atoms with Crippen molar-refractivity contribution in [3.8, 4) is 11.3 Å². The summed E-state index contributed by atoms with van der Waals surface area (Å²) in [6, 6.07) is 17.5. The molecule has 0 aliphatic carbocycles. The second-order valence-electron chi connectivity index (χ2n) is 6.24. The van der Waals surface area contributed by atoms with Crippen LogP contribution in [0, 0.1) is 6.92 Å². The Bertz CT molecular complexity index is 1130. The van der Waals surface area contributed by atoms with Crippen molar-refractivity contribution < 1.29 is 4.42 Å². The minimum absolute atomic E-state index is 0.408. The van der Waals surface area contributed by atoms with Crippen LogP contribution < -0.4 is 10.6 Å². The number of anilines is 1. The molecule has 0 radical (unpaired) electrons. The summed E-state index contributed by atoms with van der Waals surface area (Å²) in [7, 11) is 0. The van der Waals surface area contributed by atoms with Gasteiger partial charge in [-0.2, -0.15) is 0 Å². The summed E-state index contributed by atoms with van der Waals surface area (Å²) in [6.45, 7) is 2.34. The zero-order valence-corrected chi connectivity index (χ0v) is 17.7. The number of rotatable bonds is 6. The molecule has 4 aromatic rings. The standard InChI is InChI=1S/C21H18N6OS2/c1-14-12-18(30-21-22-10-5-11-23-21)26-19(25-14)27-20(29)24-13-16-8-9-17(28-16)15-6-3-2-4-7-15/h2-12H,13H2,1H3,(H2,24,25,26,27,29). The van der Waals surface area contributed by atoms with Crippen molar-refractivity contribution in [1.29, 1.82) is 0 Å². The van der Waals surface area contributed by atoms with Crippen LogP contribution in [0.1, 0.15) is 11.5 Å². The van der Waals surface area contributed by atoms with Crippen molar-refractivity contribution >= 4 is 35.0 Å². The van der Waals surface area contributed by atoms with Gasteiger partial charge in [-0.15, -0.1) is 0 Å². The molecule has 2 N–H and O–H groups in total. The van der Waals surface area contributed by atoms with Gasteiger partial charge in [0.2, 0.25) is 5.95 Å². The van der Waals surface area contributed by atoms with Gasteiger partial charge in [0.25, 0.3) is 0 Å². The number of aryl methyl sites for hydroxylation is 1. The number of hydrogen-bond donors (Lipinski definition) is 2. The van der Waals surface area contributed by atoms with Gasteiger partial charge in [0.05, 0.1) is 6.54 Å². The average molecular weight is 435 g/mol. The van der Waals surface area contributed by atoms with Crippen molar-refractivity contribution in [3.63, 3.8) is 0 Å². The molecule has 0 aliphatic heterocycles. The lowest BCUT2D eigenvalue weighted by Gasteiger charge is -2.10. The number of benzene rings is 1. The quantitative estimate of drug-likeness (QED) is 0.259. The molecule has 1 aromatic carbocycles. The maximum Gasteiger partial charge on any atom is 0.230 e. The third kappa shape index (κ3) is 5.40. The summed E-state index contributed by atoms with van der Waals surface area (Å²) in [5.41, 5.74) is 1.84. The van der Waals surface area contributed by atoms with Crippen LogP contribution >= 0.6 is 24.0 Å². The Morgan fingerprint density at radius 3 is 2.63 bits per heavy atom. The molecular weight excluding hydrogens is 416 g/mol. The number of thiocarbonyl (C=S) groups is 1. The average Bonchev–Trinajstić information content (AvgIpc) is 3.22. The van der Waals surface area contributed by atoms with Crippen molar-refractivity contribution in [2.45, 2.75) is 23.7 Å². The lowest BCUT2D eigenvalue weighted by molar-refractivity contribution is 0.516. The van der Waals surface area contributed by atoms with Crippen molar-refractivity contribution in [3.05, 3.63) is 78.4 Å². The van der Waals surface area contributed by atoms with E-state index >= 15 is 0 Å². The second kappa shape index (κ2) is 9.47. The second-order valence-corrected chi connectivity index (χ2v) is 7.64. The molecule has 0 atom stereocenters. The highest BCUT2D eigenvalue weighted by molar-refractivity contribution is 7.99. The van der Waals surface area contributed by atoms with E-state index in [0.717, 1.165) is 27.8 Å². The maximum atomic E-state index is 5.88. The van der Waals surface area contributed by atoms with Crippen LogP contribution in [0.3, 0.4) is 0 Å². The van der Waals surface area contributed by atoms with Crippen molar-refractivity contribution in [2.24, 2.45) is 0 Å². The molecule has 30 heavy (non-hydrogen) atoms. The molecule has 0 amide bonds.